The third-order valence-corrected chi connectivity index (χ3v) is 7.82. The number of rotatable bonds is 8. The summed E-state index contributed by atoms with van der Waals surface area (Å²) < 4.78 is 34.9. The second kappa shape index (κ2) is 10.2. The van der Waals surface area contributed by atoms with E-state index in [1.54, 1.807) is 29.6 Å². The number of nitrogens with one attached hydrogen (secondary N) is 2. The van der Waals surface area contributed by atoms with E-state index < -0.39 is 15.9 Å². The molecule has 0 bridgehead atoms. The molecule has 0 aliphatic heterocycles. The molecule has 33 heavy (non-hydrogen) atoms. The number of halogens is 1. The topological polar surface area (TPSA) is 84.5 Å². The first-order chi connectivity index (χ1) is 15.9. The van der Waals surface area contributed by atoms with Crippen molar-refractivity contribution in [1.82, 2.24) is 5.32 Å². The summed E-state index contributed by atoms with van der Waals surface area (Å²) in [5.41, 5.74) is 1.24. The van der Waals surface area contributed by atoms with Gasteiger partial charge in [0, 0.05) is 11.0 Å². The molecule has 0 unspecified atom stereocenters. The predicted molar refractivity (Wildman–Crippen MR) is 133 cm³/mol. The molecule has 9 heteroatoms. The van der Waals surface area contributed by atoms with E-state index in [4.69, 9.17) is 4.74 Å². The lowest BCUT2D eigenvalue weighted by atomic mass is 10.1. The number of carbonyl (C=O) groups is 1. The van der Waals surface area contributed by atoms with Crippen molar-refractivity contribution < 1.29 is 17.9 Å². The fourth-order valence-corrected chi connectivity index (χ4v) is 5.47. The average Bonchev–Trinajstić information content (AvgIpc) is 3.35. The van der Waals surface area contributed by atoms with Crippen LogP contribution in [0.2, 0.25) is 0 Å². The molecule has 6 nitrogen and oxygen atoms in total. The first kappa shape index (κ1) is 23.0. The van der Waals surface area contributed by atoms with Gasteiger partial charge in [-0.2, -0.15) is 0 Å². The molecule has 0 radical (unpaired) electrons. The van der Waals surface area contributed by atoms with Crippen LogP contribution in [-0.4, -0.2) is 14.3 Å². The largest absolute Gasteiger partial charge is 0.457 e. The van der Waals surface area contributed by atoms with Gasteiger partial charge in [0.15, 0.2) is 0 Å². The zero-order chi connectivity index (χ0) is 23.3. The maximum Gasteiger partial charge on any atom is 0.271 e. The molecule has 0 atom stereocenters. The van der Waals surface area contributed by atoms with Crippen LogP contribution in [0.25, 0.3) is 0 Å². The van der Waals surface area contributed by atoms with Crippen LogP contribution in [0.4, 0.5) is 5.69 Å². The number of sulfonamides is 1. The van der Waals surface area contributed by atoms with Crippen LogP contribution >= 0.6 is 27.3 Å². The van der Waals surface area contributed by atoms with Gasteiger partial charge in [0.25, 0.3) is 15.9 Å². The molecule has 0 aliphatic carbocycles. The molecule has 1 amide bonds. The number of anilines is 1. The number of thiophene rings is 1. The van der Waals surface area contributed by atoms with Gasteiger partial charge in [-0.1, -0.05) is 58.4 Å². The first-order valence-electron chi connectivity index (χ1n) is 9.87. The monoisotopic (exact) mass is 542 g/mol. The number of amides is 1. The number of ether oxygens (including phenoxy) is 1. The second-order valence-electron chi connectivity index (χ2n) is 6.97. The van der Waals surface area contributed by atoms with E-state index in [9.17, 15) is 13.2 Å². The number of hydrogen-bond acceptors (Lipinski definition) is 5. The Hall–Kier alpha value is -3.14. The molecule has 2 N–H and O–H groups in total. The van der Waals surface area contributed by atoms with Gasteiger partial charge < -0.3 is 10.1 Å². The highest BCUT2D eigenvalue weighted by molar-refractivity contribution is 9.10. The lowest BCUT2D eigenvalue weighted by molar-refractivity contribution is 0.0951. The zero-order valence-corrected chi connectivity index (χ0v) is 20.4. The molecule has 1 aromatic heterocycles. The van der Waals surface area contributed by atoms with Crippen LogP contribution in [-0.2, 0) is 16.6 Å². The van der Waals surface area contributed by atoms with Crippen LogP contribution in [0.1, 0.15) is 15.9 Å². The van der Waals surface area contributed by atoms with E-state index in [2.05, 4.69) is 26.0 Å². The standard InChI is InChI=1S/C24H19BrN2O4S2/c25-18-8-4-9-19(14-18)31-20-11-12-22(27-33(29,30)23-10-5-13-32-23)21(15-20)24(28)26-16-17-6-2-1-3-7-17/h1-15,27H,16H2,(H,26,28). The van der Waals surface area contributed by atoms with E-state index >= 15 is 0 Å². The first-order valence-corrected chi connectivity index (χ1v) is 13.0. The Labute approximate surface area is 204 Å². The van der Waals surface area contributed by atoms with Gasteiger partial charge in [0.2, 0.25) is 0 Å². The summed E-state index contributed by atoms with van der Waals surface area (Å²) in [6.45, 7) is 0.299. The zero-order valence-electron chi connectivity index (χ0n) is 17.2. The molecule has 168 valence electrons. The Balaban J connectivity index is 1.63. The minimum absolute atomic E-state index is 0.151. The Morgan fingerprint density at radius 3 is 2.42 bits per heavy atom. The van der Waals surface area contributed by atoms with Crippen LogP contribution in [0.5, 0.6) is 11.5 Å². The maximum absolute atomic E-state index is 13.1. The van der Waals surface area contributed by atoms with Gasteiger partial charge in [0.1, 0.15) is 15.7 Å². The summed E-state index contributed by atoms with van der Waals surface area (Å²) in [4.78, 5) is 13.1. The summed E-state index contributed by atoms with van der Waals surface area (Å²) in [6, 6.07) is 24.6. The van der Waals surface area contributed by atoms with Crippen LogP contribution in [0.15, 0.2) is 99.0 Å². The van der Waals surface area contributed by atoms with Crippen molar-refractivity contribution in [3.05, 3.63) is 106 Å². The maximum atomic E-state index is 13.1. The highest BCUT2D eigenvalue weighted by Crippen LogP contribution is 2.30. The normalized spacial score (nSPS) is 11.1. The van der Waals surface area contributed by atoms with Gasteiger partial charge in [0.05, 0.1) is 11.3 Å². The summed E-state index contributed by atoms with van der Waals surface area (Å²) in [6.07, 6.45) is 0. The molecule has 4 rings (SSSR count). The highest BCUT2D eigenvalue weighted by Gasteiger charge is 2.20. The molecule has 0 spiro atoms. The quantitative estimate of drug-likeness (QED) is 0.284. The third kappa shape index (κ3) is 6.01. The molecule has 0 aliphatic rings. The van der Waals surface area contributed by atoms with Crippen molar-refractivity contribution >= 4 is 48.9 Å². The number of hydrogen-bond donors (Lipinski definition) is 2. The average molecular weight is 543 g/mol. The fraction of sp³-hybridized carbons (Fsp3) is 0.0417. The molecule has 0 saturated carbocycles. The van der Waals surface area contributed by atoms with E-state index in [1.807, 2.05) is 42.5 Å². The minimum atomic E-state index is -3.83. The molecule has 3 aromatic carbocycles. The van der Waals surface area contributed by atoms with Crippen LogP contribution in [0.3, 0.4) is 0 Å². The lowest BCUT2D eigenvalue weighted by Gasteiger charge is -2.14. The Morgan fingerprint density at radius 2 is 1.70 bits per heavy atom. The second-order valence-corrected chi connectivity index (χ2v) is 10.7. The molecular formula is C24H19BrN2O4S2. The summed E-state index contributed by atoms with van der Waals surface area (Å²) in [5, 5.41) is 4.52. The highest BCUT2D eigenvalue weighted by atomic mass is 79.9. The van der Waals surface area contributed by atoms with Crippen molar-refractivity contribution in [2.75, 3.05) is 4.72 Å². The van der Waals surface area contributed by atoms with E-state index in [0.29, 0.717) is 18.0 Å². The van der Waals surface area contributed by atoms with Crippen molar-refractivity contribution in [2.24, 2.45) is 0 Å². The lowest BCUT2D eigenvalue weighted by Crippen LogP contribution is -2.25. The van der Waals surface area contributed by atoms with Crippen molar-refractivity contribution in [3.8, 4) is 11.5 Å². The molecule has 0 saturated heterocycles. The summed E-state index contributed by atoms with van der Waals surface area (Å²) in [5.74, 6) is 0.548. The summed E-state index contributed by atoms with van der Waals surface area (Å²) >= 11 is 4.50. The van der Waals surface area contributed by atoms with Gasteiger partial charge in [-0.15, -0.1) is 11.3 Å². The molecule has 0 fully saturated rings. The molecular weight excluding hydrogens is 524 g/mol. The van der Waals surface area contributed by atoms with Crippen LogP contribution < -0.4 is 14.8 Å². The van der Waals surface area contributed by atoms with Gasteiger partial charge in [-0.3, -0.25) is 9.52 Å². The number of carbonyl (C=O) groups excluding carboxylic acids is 1. The Morgan fingerprint density at radius 1 is 0.909 bits per heavy atom. The minimum Gasteiger partial charge on any atom is -0.457 e. The Kier molecular flexibility index (Phi) is 7.12. The summed E-state index contributed by atoms with van der Waals surface area (Å²) in [7, 11) is -3.83. The van der Waals surface area contributed by atoms with Gasteiger partial charge in [-0.25, -0.2) is 8.42 Å². The predicted octanol–water partition coefficient (Wildman–Crippen LogP) is 6.03. The third-order valence-electron chi connectivity index (χ3n) is 4.57. The van der Waals surface area contributed by atoms with Gasteiger partial charge in [-0.05, 0) is 53.4 Å². The van der Waals surface area contributed by atoms with E-state index in [-0.39, 0.29) is 15.5 Å². The van der Waals surface area contributed by atoms with Crippen molar-refractivity contribution in [2.45, 2.75) is 10.8 Å². The smallest absolute Gasteiger partial charge is 0.271 e. The molecule has 1 heterocycles. The van der Waals surface area contributed by atoms with Crippen molar-refractivity contribution in [3.63, 3.8) is 0 Å². The van der Waals surface area contributed by atoms with E-state index in [1.165, 1.54) is 18.2 Å². The SMILES string of the molecule is O=C(NCc1ccccc1)c1cc(Oc2cccc(Br)c2)ccc1NS(=O)(=O)c1cccs1. The molecule has 4 aromatic rings. The number of benzene rings is 3. The van der Waals surface area contributed by atoms with Crippen molar-refractivity contribution in [1.29, 1.82) is 0 Å². The van der Waals surface area contributed by atoms with Crippen LogP contribution in [0, 0.1) is 0 Å². The Bertz CT molecular complexity index is 1360. The van der Waals surface area contributed by atoms with E-state index in [0.717, 1.165) is 21.4 Å². The van der Waals surface area contributed by atoms with Gasteiger partial charge >= 0.3 is 0 Å². The fourth-order valence-electron chi connectivity index (χ4n) is 3.02.